The highest BCUT2D eigenvalue weighted by atomic mass is 32.2. The number of aliphatic imine (C=N–C) groups is 1. The molecule has 2 aromatic heterocycles. The number of aromatic nitrogens is 4. The molecule has 1 aliphatic heterocycles. The highest BCUT2D eigenvalue weighted by Gasteiger charge is 2.65. The number of nitrogens with two attached hydrogens (primary N) is 4. The van der Waals surface area contributed by atoms with Crippen LogP contribution in [0.25, 0.3) is 11.2 Å². The molecule has 11 N–H and O–H groups in total. The van der Waals surface area contributed by atoms with Gasteiger partial charge in [0.15, 0.2) is 17.4 Å². The van der Waals surface area contributed by atoms with Crippen molar-refractivity contribution in [3.63, 3.8) is 0 Å². The van der Waals surface area contributed by atoms with Crippen molar-refractivity contribution in [2.24, 2.45) is 22.2 Å². The topological polar surface area (TPSA) is 230 Å². The maximum Gasteiger partial charge on any atom is 0.244 e. The number of nitrogens with zero attached hydrogens (tertiary/aromatic N) is 5. The molecule has 14 heteroatoms. The van der Waals surface area contributed by atoms with Gasteiger partial charge >= 0.3 is 0 Å². The molecule has 4 atom stereocenters. The molecule has 0 amide bonds. The first-order valence-electron chi connectivity index (χ1n) is 7.36. The fraction of sp³-hybridized carbons (Fsp3) is 0.500. The molecule has 3 rings (SSSR count). The van der Waals surface area contributed by atoms with Gasteiger partial charge in [0, 0.05) is 0 Å². The minimum atomic E-state index is -2.35. The van der Waals surface area contributed by atoms with Crippen LogP contribution >= 0.6 is 11.8 Å². The molecule has 2 aromatic rings. The van der Waals surface area contributed by atoms with Crippen LogP contribution in [0.3, 0.4) is 0 Å². The maximum atomic E-state index is 10.9. The van der Waals surface area contributed by atoms with E-state index in [1.165, 1.54) is 17.2 Å². The summed E-state index contributed by atoms with van der Waals surface area (Å²) < 4.78 is 7.06. The molecule has 0 spiro atoms. The van der Waals surface area contributed by atoms with Crippen molar-refractivity contribution in [2.75, 3.05) is 18.2 Å². The van der Waals surface area contributed by atoms with E-state index in [4.69, 9.17) is 27.7 Å². The molecule has 0 radical (unpaired) electrons. The summed E-state index contributed by atoms with van der Waals surface area (Å²) in [5.41, 5.74) is 20.6. The van der Waals surface area contributed by atoms with Crippen LogP contribution in [0, 0.1) is 0 Å². The predicted molar refractivity (Wildman–Crippen MR) is 93.1 cm³/mol. The second-order valence-corrected chi connectivity index (χ2v) is 6.69. The summed E-state index contributed by atoms with van der Waals surface area (Å²) in [6.07, 6.45) is -0.304. The molecule has 0 aromatic carbocycles. The molecule has 1 saturated heterocycles. The summed E-state index contributed by atoms with van der Waals surface area (Å²) in [5.74, 6) is -0.157. The molecule has 13 nitrogen and oxygen atoms in total. The number of anilines is 1. The zero-order valence-electron chi connectivity index (χ0n) is 13.4. The van der Waals surface area contributed by atoms with Crippen LogP contribution in [0.4, 0.5) is 5.82 Å². The average molecular weight is 385 g/mol. The Morgan fingerprint density at radius 3 is 2.73 bits per heavy atom. The third-order valence-corrected chi connectivity index (χ3v) is 5.26. The average Bonchev–Trinajstić information content (AvgIpc) is 3.09. The first-order valence-corrected chi connectivity index (χ1v) is 8.34. The van der Waals surface area contributed by atoms with E-state index in [0.717, 1.165) is 11.8 Å². The molecule has 1 fully saturated rings. The van der Waals surface area contributed by atoms with Gasteiger partial charge in [-0.15, -0.1) is 0 Å². The van der Waals surface area contributed by atoms with E-state index in [2.05, 4.69) is 19.9 Å². The maximum absolute atomic E-state index is 10.9. The number of nitrogen functional groups attached to an aromatic ring is 1. The lowest BCUT2D eigenvalue weighted by Gasteiger charge is -2.38. The number of ether oxygens (including phenoxy) is 1. The molecule has 3 heterocycles. The number of aliphatic hydroxyl groups is 3. The van der Waals surface area contributed by atoms with E-state index >= 15 is 0 Å². The number of aliphatic hydroxyl groups excluding tert-OH is 2. The number of imidazole rings is 1. The fourth-order valence-electron chi connectivity index (χ4n) is 2.70. The SMILES string of the molecule is NC(N)=NCS[C@@]1(n2cnc3c(N)ncnc32)O[C@H](CO)[C@@H](O)[C@@]1(N)O. The van der Waals surface area contributed by atoms with Gasteiger partial charge in [-0.05, 0) is 0 Å². The number of hydrogen-bond donors (Lipinski definition) is 7. The van der Waals surface area contributed by atoms with Crippen LogP contribution in [-0.2, 0) is 9.79 Å². The lowest BCUT2D eigenvalue weighted by Crippen LogP contribution is -2.62. The molecule has 0 unspecified atom stereocenters. The number of fused-ring (bicyclic) bond motifs is 1. The number of guanidine groups is 1. The van der Waals surface area contributed by atoms with Crippen molar-refractivity contribution < 1.29 is 20.1 Å². The Morgan fingerprint density at radius 1 is 1.38 bits per heavy atom. The molecule has 0 bridgehead atoms. The fourth-order valence-corrected chi connectivity index (χ4v) is 3.91. The van der Waals surface area contributed by atoms with Gasteiger partial charge in [0.1, 0.15) is 30.4 Å². The molecule has 0 saturated carbocycles. The van der Waals surface area contributed by atoms with Crippen LogP contribution < -0.4 is 22.9 Å². The lowest BCUT2D eigenvalue weighted by atomic mass is 10.0. The minimum absolute atomic E-state index is 0.0764. The Hall–Kier alpha value is -2.23. The highest BCUT2D eigenvalue weighted by Crippen LogP contribution is 2.49. The van der Waals surface area contributed by atoms with Crippen molar-refractivity contribution in [1.29, 1.82) is 0 Å². The van der Waals surface area contributed by atoms with Crippen LogP contribution in [0.5, 0.6) is 0 Å². The van der Waals surface area contributed by atoms with E-state index < -0.39 is 29.6 Å². The van der Waals surface area contributed by atoms with Crippen molar-refractivity contribution in [2.45, 2.75) is 23.0 Å². The molecular formula is C12H19N9O4S. The van der Waals surface area contributed by atoms with Gasteiger partial charge in [-0.2, -0.15) is 0 Å². The molecular weight excluding hydrogens is 366 g/mol. The van der Waals surface area contributed by atoms with E-state index in [9.17, 15) is 15.3 Å². The normalized spacial score (nSPS) is 31.4. The largest absolute Gasteiger partial charge is 0.394 e. The number of thioether (sulfide) groups is 1. The standard InChI is InChI=1S/C12H19N9O4S/c13-8-6-9(18-2-17-8)21(3-19-6)12(26-4-20-10(14)15)11(16,24)7(23)5(1-22)25-12/h2-3,5,7,22-24H,1,4,16H2,(H2,13,17,18)(H4,14,15,20)/t5-,7-,11-,12+/m1/s1. The Bertz CT molecular complexity index is 839. The summed E-state index contributed by atoms with van der Waals surface area (Å²) in [6, 6.07) is 0. The third kappa shape index (κ3) is 2.63. The van der Waals surface area contributed by atoms with Crippen LogP contribution in [0.2, 0.25) is 0 Å². The molecule has 142 valence electrons. The Kier molecular flexibility index (Phi) is 4.63. The quantitative estimate of drug-likeness (QED) is 0.150. The zero-order valence-corrected chi connectivity index (χ0v) is 14.2. The smallest absolute Gasteiger partial charge is 0.244 e. The van der Waals surface area contributed by atoms with E-state index in [1.54, 1.807) is 0 Å². The second-order valence-electron chi connectivity index (χ2n) is 5.59. The summed E-state index contributed by atoms with van der Waals surface area (Å²) in [5, 5.41) is 28.8. The Morgan fingerprint density at radius 2 is 2.12 bits per heavy atom. The highest BCUT2D eigenvalue weighted by molar-refractivity contribution is 7.99. The predicted octanol–water partition coefficient (Wildman–Crippen LogP) is -3.62. The zero-order chi connectivity index (χ0) is 19.1. The first kappa shape index (κ1) is 18.6. The van der Waals surface area contributed by atoms with Crippen LogP contribution in [0.15, 0.2) is 17.6 Å². The van der Waals surface area contributed by atoms with E-state index in [-0.39, 0.29) is 28.8 Å². The number of hydrogen-bond acceptors (Lipinski definition) is 11. The van der Waals surface area contributed by atoms with E-state index in [0.29, 0.717) is 0 Å². The summed E-state index contributed by atoms with van der Waals surface area (Å²) in [7, 11) is 0. The summed E-state index contributed by atoms with van der Waals surface area (Å²) in [4.78, 5) is 15.9. The molecule has 0 aliphatic carbocycles. The van der Waals surface area contributed by atoms with Gasteiger partial charge in [0.2, 0.25) is 10.8 Å². The summed E-state index contributed by atoms with van der Waals surface area (Å²) in [6.45, 7) is -0.588. The minimum Gasteiger partial charge on any atom is -0.394 e. The van der Waals surface area contributed by atoms with Gasteiger partial charge < -0.3 is 37.3 Å². The second kappa shape index (κ2) is 6.49. The monoisotopic (exact) mass is 385 g/mol. The van der Waals surface area contributed by atoms with Crippen LogP contribution in [-0.4, -0.2) is 71.2 Å². The molecule has 26 heavy (non-hydrogen) atoms. The van der Waals surface area contributed by atoms with Gasteiger partial charge in [-0.3, -0.25) is 10.3 Å². The Balaban J connectivity index is 2.18. The first-order chi connectivity index (χ1) is 12.2. The van der Waals surface area contributed by atoms with Crippen molar-refractivity contribution in [3.8, 4) is 0 Å². The van der Waals surface area contributed by atoms with Gasteiger partial charge in [-0.25, -0.2) is 19.9 Å². The number of rotatable bonds is 5. The van der Waals surface area contributed by atoms with Crippen molar-refractivity contribution >= 4 is 34.7 Å². The van der Waals surface area contributed by atoms with Gasteiger partial charge in [0.05, 0.1) is 12.5 Å². The van der Waals surface area contributed by atoms with E-state index in [1.807, 2.05) is 0 Å². The van der Waals surface area contributed by atoms with Crippen molar-refractivity contribution in [3.05, 3.63) is 12.7 Å². The summed E-state index contributed by atoms with van der Waals surface area (Å²) >= 11 is 0.874. The molecule has 1 aliphatic rings. The van der Waals surface area contributed by atoms with Crippen LogP contribution in [0.1, 0.15) is 0 Å². The lowest BCUT2D eigenvalue weighted by molar-refractivity contribution is -0.129. The third-order valence-electron chi connectivity index (χ3n) is 3.99. The van der Waals surface area contributed by atoms with Gasteiger partial charge in [-0.1, -0.05) is 11.8 Å². The van der Waals surface area contributed by atoms with Gasteiger partial charge in [0.25, 0.3) is 0 Å². The Labute approximate surface area is 151 Å². The van der Waals surface area contributed by atoms with Crippen molar-refractivity contribution in [1.82, 2.24) is 19.5 Å².